The smallest absolute Gasteiger partial charge is 0.0935 e. The molecule has 0 spiro atoms. The maximum Gasteiger partial charge on any atom is 0.0935 e. The summed E-state index contributed by atoms with van der Waals surface area (Å²) in [7, 11) is 0. The molecule has 2 aromatic rings. The molecule has 0 aliphatic carbocycles. The Labute approximate surface area is 108 Å². The number of hydrogen-bond acceptors (Lipinski definition) is 3. The van der Waals surface area contributed by atoms with Crippen LogP contribution in [-0.4, -0.2) is 17.6 Å². The van der Waals surface area contributed by atoms with Gasteiger partial charge in [-0.1, -0.05) is 13.0 Å². The quantitative estimate of drug-likeness (QED) is 0.814. The SMILES string of the molecule is CCCNC(Cc1ccoc1)Cc1ccccn1. The summed E-state index contributed by atoms with van der Waals surface area (Å²) >= 11 is 0. The number of aromatic nitrogens is 1. The molecule has 2 rings (SSSR count). The monoisotopic (exact) mass is 244 g/mol. The maximum atomic E-state index is 5.13. The van der Waals surface area contributed by atoms with Gasteiger partial charge in [0.1, 0.15) is 0 Å². The zero-order valence-corrected chi connectivity index (χ0v) is 10.8. The van der Waals surface area contributed by atoms with Crippen LogP contribution >= 0.6 is 0 Å². The lowest BCUT2D eigenvalue weighted by molar-refractivity contribution is 0.495. The minimum Gasteiger partial charge on any atom is -0.472 e. The zero-order valence-electron chi connectivity index (χ0n) is 10.8. The van der Waals surface area contributed by atoms with E-state index in [1.807, 2.05) is 30.7 Å². The van der Waals surface area contributed by atoms with Crippen molar-refractivity contribution in [1.29, 1.82) is 0 Å². The highest BCUT2D eigenvalue weighted by atomic mass is 16.3. The summed E-state index contributed by atoms with van der Waals surface area (Å²) in [5.74, 6) is 0. The summed E-state index contributed by atoms with van der Waals surface area (Å²) in [5.41, 5.74) is 2.37. The molecule has 0 saturated heterocycles. The van der Waals surface area contributed by atoms with E-state index in [0.29, 0.717) is 6.04 Å². The number of rotatable bonds is 7. The second-order valence-electron chi connectivity index (χ2n) is 4.51. The van der Waals surface area contributed by atoms with Crippen molar-refractivity contribution in [3.05, 3.63) is 54.2 Å². The Morgan fingerprint density at radius 1 is 1.28 bits per heavy atom. The standard InChI is InChI=1S/C15H20N2O/c1-2-7-16-15(10-13-6-9-18-12-13)11-14-5-3-4-8-17-14/h3-6,8-9,12,15-16H,2,7,10-11H2,1H3. The van der Waals surface area contributed by atoms with E-state index in [0.717, 1.165) is 31.5 Å². The molecule has 0 saturated carbocycles. The van der Waals surface area contributed by atoms with Crippen molar-refractivity contribution < 1.29 is 4.42 Å². The molecule has 0 aromatic carbocycles. The largest absolute Gasteiger partial charge is 0.472 e. The Kier molecular flexibility index (Phi) is 4.97. The van der Waals surface area contributed by atoms with Crippen LogP contribution in [0.2, 0.25) is 0 Å². The fourth-order valence-corrected chi connectivity index (χ4v) is 2.03. The number of furan rings is 1. The van der Waals surface area contributed by atoms with E-state index < -0.39 is 0 Å². The first-order chi connectivity index (χ1) is 8.88. The predicted octanol–water partition coefficient (Wildman–Crippen LogP) is 2.83. The van der Waals surface area contributed by atoms with Crippen molar-refractivity contribution in [3.8, 4) is 0 Å². The lowest BCUT2D eigenvalue weighted by Crippen LogP contribution is -2.34. The Morgan fingerprint density at radius 3 is 2.89 bits per heavy atom. The second kappa shape index (κ2) is 6.97. The first kappa shape index (κ1) is 12.8. The van der Waals surface area contributed by atoms with Gasteiger partial charge in [-0.2, -0.15) is 0 Å². The van der Waals surface area contributed by atoms with E-state index in [1.165, 1.54) is 5.56 Å². The third-order valence-corrected chi connectivity index (χ3v) is 2.93. The van der Waals surface area contributed by atoms with Crippen molar-refractivity contribution in [2.75, 3.05) is 6.54 Å². The summed E-state index contributed by atoms with van der Waals surface area (Å²) in [6.07, 6.45) is 8.47. The normalized spacial score (nSPS) is 12.5. The second-order valence-corrected chi connectivity index (χ2v) is 4.51. The van der Waals surface area contributed by atoms with Gasteiger partial charge in [-0.15, -0.1) is 0 Å². The lowest BCUT2D eigenvalue weighted by atomic mass is 10.0. The Hall–Kier alpha value is -1.61. The van der Waals surface area contributed by atoms with E-state index in [-0.39, 0.29) is 0 Å². The molecule has 0 radical (unpaired) electrons. The molecule has 1 unspecified atom stereocenters. The number of nitrogens with zero attached hydrogens (tertiary/aromatic N) is 1. The lowest BCUT2D eigenvalue weighted by Gasteiger charge is -2.17. The van der Waals surface area contributed by atoms with E-state index in [4.69, 9.17) is 4.42 Å². The maximum absolute atomic E-state index is 5.13. The molecule has 18 heavy (non-hydrogen) atoms. The number of pyridine rings is 1. The van der Waals surface area contributed by atoms with E-state index in [9.17, 15) is 0 Å². The van der Waals surface area contributed by atoms with Crippen LogP contribution in [0.5, 0.6) is 0 Å². The Morgan fingerprint density at radius 2 is 2.22 bits per heavy atom. The Bertz CT molecular complexity index is 425. The molecule has 2 heterocycles. The molecule has 0 aliphatic rings. The van der Waals surface area contributed by atoms with Crippen LogP contribution < -0.4 is 5.32 Å². The van der Waals surface area contributed by atoms with Gasteiger partial charge in [-0.25, -0.2) is 0 Å². The molecule has 0 amide bonds. The third kappa shape index (κ3) is 4.00. The van der Waals surface area contributed by atoms with E-state index in [1.54, 1.807) is 6.26 Å². The molecule has 3 nitrogen and oxygen atoms in total. The van der Waals surface area contributed by atoms with Crippen LogP contribution in [-0.2, 0) is 12.8 Å². The topological polar surface area (TPSA) is 38.1 Å². The summed E-state index contributed by atoms with van der Waals surface area (Å²) in [5, 5.41) is 3.57. The summed E-state index contributed by atoms with van der Waals surface area (Å²) in [4.78, 5) is 4.39. The molecule has 0 aliphatic heterocycles. The molecule has 1 atom stereocenters. The van der Waals surface area contributed by atoms with Crippen LogP contribution in [0.25, 0.3) is 0 Å². The van der Waals surface area contributed by atoms with Crippen molar-refractivity contribution in [2.24, 2.45) is 0 Å². The van der Waals surface area contributed by atoms with Crippen molar-refractivity contribution >= 4 is 0 Å². The van der Waals surface area contributed by atoms with Gasteiger partial charge in [0.15, 0.2) is 0 Å². The van der Waals surface area contributed by atoms with Gasteiger partial charge in [-0.05, 0) is 43.1 Å². The zero-order chi connectivity index (χ0) is 12.6. The fourth-order valence-electron chi connectivity index (χ4n) is 2.03. The van der Waals surface area contributed by atoms with Gasteiger partial charge < -0.3 is 9.73 Å². The predicted molar refractivity (Wildman–Crippen MR) is 72.4 cm³/mol. The van der Waals surface area contributed by atoms with Crippen LogP contribution in [0.4, 0.5) is 0 Å². The average molecular weight is 244 g/mol. The van der Waals surface area contributed by atoms with Gasteiger partial charge in [-0.3, -0.25) is 4.98 Å². The summed E-state index contributed by atoms with van der Waals surface area (Å²) in [6, 6.07) is 8.51. The number of hydrogen-bond donors (Lipinski definition) is 1. The van der Waals surface area contributed by atoms with Gasteiger partial charge in [0, 0.05) is 24.4 Å². The highest BCUT2D eigenvalue weighted by molar-refractivity contribution is 5.11. The molecule has 96 valence electrons. The van der Waals surface area contributed by atoms with Crippen molar-refractivity contribution in [1.82, 2.24) is 10.3 Å². The molecule has 2 aromatic heterocycles. The van der Waals surface area contributed by atoms with Crippen LogP contribution in [0, 0.1) is 0 Å². The first-order valence-electron chi connectivity index (χ1n) is 6.53. The highest BCUT2D eigenvalue weighted by Crippen LogP contribution is 2.08. The Balaban J connectivity index is 1.96. The molecule has 1 N–H and O–H groups in total. The minimum absolute atomic E-state index is 0.414. The van der Waals surface area contributed by atoms with Crippen LogP contribution in [0.15, 0.2) is 47.4 Å². The van der Waals surface area contributed by atoms with Gasteiger partial charge in [0.2, 0.25) is 0 Å². The van der Waals surface area contributed by atoms with Crippen molar-refractivity contribution in [2.45, 2.75) is 32.2 Å². The van der Waals surface area contributed by atoms with Crippen LogP contribution in [0.1, 0.15) is 24.6 Å². The summed E-state index contributed by atoms with van der Waals surface area (Å²) in [6.45, 7) is 3.22. The van der Waals surface area contributed by atoms with E-state index >= 15 is 0 Å². The highest BCUT2D eigenvalue weighted by Gasteiger charge is 2.11. The van der Waals surface area contributed by atoms with Crippen molar-refractivity contribution in [3.63, 3.8) is 0 Å². The number of nitrogens with one attached hydrogen (secondary N) is 1. The van der Waals surface area contributed by atoms with Gasteiger partial charge >= 0.3 is 0 Å². The molecular formula is C15H20N2O. The molecule has 3 heteroatoms. The summed E-state index contributed by atoms with van der Waals surface area (Å²) < 4.78 is 5.13. The molecule has 0 fully saturated rings. The van der Waals surface area contributed by atoms with Gasteiger partial charge in [0.05, 0.1) is 12.5 Å². The minimum atomic E-state index is 0.414. The molecular weight excluding hydrogens is 224 g/mol. The third-order valence-electron chi connectivity index (χ3n) is 2.93. The fraction of sp³-hybridized carbons (Fsp3) is 0.400. The van der Waals surface area contributed by atoms with Crippen LogP contribution in [0.3, 0.4) is 0 Å². The average Bonchev–Trinajstić information content (AvgIpc) is 2.90. The first-order valence-corrected chi connectivity index (χ1v) is 6.53. The molecule has 0 bridgehead atoms. The van der Waals surface area contributed by atoms with E-state index in [2.05, 4.69) is 23.3 Å². The van der Waals surface area contributed by atoms with Gasteiger partial charge in [0.25, 0.3) is 0 Å².